The van der Waals surface area contributed by atoms with E-state index in [0.29, 0.717) is 12.5 Å². The summed E-state index contributed by atoms with van der Waals surface area (Å²) in [5.74, 6) is 1.79. The lowest BCUT2D eigenvalue weighted by molar-refractivity contribution is 0.840. The number of fused-ring (bicyclic) bond motifs is 1. The van der Waals surface area contributed by atoms with Crippen molar-refractivity contribution < 1.29 is 0 Å². The van der Waals surface area contributed by atoms with Crippen LogP contribution in [0.1, 0.15) is 30.3 Å². The van der Waals surface area contributed by atoms with E-state index in [1.165, 1.54) is 18.5 Å². The zero-order chi connectivity index (χ0) is 9.54. The van der Waals surface area contributed by atoms with Crippen LogP contribution in [0.2, 0.25) is 0 Å². The van der Waals surface area contributed by atoms with E-state index in [-0.39, 0.29) is 0 Å². The van der Waals surface area contributed by atoms with Gasteiger partial charge in [0.25, 0.3) is 0 Å². The Hall–Kier alpha value is -0.940. The first-order valence-corrected chi connectivity index (χ1v) is 5.79. The molecule has 74 valence electrons. The molecule has 0 unspecified atom stereocenters. The first kappa shape index (κ1) is 8.38. The van der Waals surface area contributed by atoms with Gasteiger partial charge in [-0.15, -0.1) is 21.5 Å². The maximum atomic E-state index is 5.57. The van der Waals surface area contributed by atoms with E-state index >= 15 is 0 Å². The van der Waals surface area contributed by atoms with Crippen molar-refractivity contribution in [1.82, 2.24) is 14.6 Å². The topological polar surface area (TPSA) is 56.2 Å². The molecule has 0 aliphatic heterocycles. The smallest absolute Gasteiger partial charge is 0.216 e. The van der Waals surface area contributed by atoms with Gasteiger partial charge in [0.15, 0.2) is 0 Å². The van der Waals surface area contributed by atoms with Gasteiger partial charge in [0.05, 0.1) is 0 Å². The average Bonchev–Trinajstić information content (AvgIpc) is 2.81. The predicted octanol–water partition coefficient (Wildman–Crippen LogP) is 1.17. The quantitative estimate of drug-likeness (QED) is 0.823. The molecule has 0 atom stereocenters. The second-order valence-corrected chi connectivity index (χ2v) is 4.55. The lowest BCUT2D eigenvalue weighted by atomic mass is 10.3. The van der Waals surface area contributed by atoms with Crippen LogP contribution in [0.3, 0.4) is 0 Å². The molecule has 0 aromatic carbocycles. The summed E-state index contributed by atoms with van der Waals surface area (Å²) in [5.41, 5.74) is 6.84. The minimum Gasteiger partial charge on any atom is -0.330 e. The summed E-state index contributed by atoms with van der Waals surface area (Å²) in [6.45, 7) is 0.689. The Kier molecular flexibility index (Phi) is 1.81. The fourth-order valence-electron chi connectivity index (χ4n) is 1.73. The second kappa shape index (κ2) is 3.03. The van der Waals surface area contributed by atoms with E-state index in [9.17, 15) is 0 Å². The van der Waals surface area contributed by atoms with E-state index in [4.69, 9.17) is 5.73 Å². The summed E-state index contributed by atoms with van der Waals surface area (Å²) in [5, 5.41) is 10.6. The minimum absolute atomic E-state index is 0.649. The van der Waals surface area contributed by atoms with Crippen LogP contribution in [0, 0.1) is 0 Å². The van der Waals surface area contributed by atoms with Gasteiger partial charge in [0, 0.05) is 23.4 Å². The molecule has 14 heavy (non-hydrogen) atoms. The van der Waals surface area contributed by atoms with Gasteiger partial charge in [-0.2, -0.15) is 0 Å². The molecule has 2 aromatic heterocycles. The number of nitrogens with two attached hydrogens (primary N) is 1. The van der Waals surface area contributed by atoms with Crippen molar-refractivity contribution in [3.05, 3.63) is 16.9 Å². The normalized spacial score (nSPS) is 16.6. The summed E-state index contributed by atoms with van der Waals surface area (Å²) < 4.78 is 2.19. The monoisotopic (exact) mass is 208 g/mol. The summed E-state index contributed by atoms with van der Waals surface area (Å²) in [4.78, 5) is 1.01. The molecule has 0 spiro atoms. The van der Waals surface area contributed by atoms with Crippen molar-refractivity contribution >= 4 is 16.3 Å². The zero-order valence-electron chi connectivity index (χ0n) is 7.81. The van der Waals surface area contributed by atoms with E-state index in [2.05, 4.69) is 20.0 Å². The molecule has 4 nitrogen and oxygen atoms in total. The molecule has 2 N–H and O–H groups in total. The highest BCUT2D eigenvalue weighted by molar-refractivity contribution is 7.15. The third-order valence-electron chi connectivity index (χ3n) is 2.59. The Bertz CT molecular complexity index is 454. The summed E-state index contributed by atoms with van der Waals surface area (Å²) in [6.07, 6.45) is 3.44. The van der Waals surface area contributed by atoms with Crippen LogP contribution in [0.15, 0.2) is 5.38 Å². The van der Waals surface area contributed by atoms with E-state index < -0.39 is 0 Å². The second-order valence-electron chi connectivity index (χ2n) is 3.72. The highest BCUT2D eigenvalue weighted by atomic mass is 32.1. The molecular formula is C9H12N4S. The SMILES string of the molecule is NCCc1csc2nnc(C3CC3)n12. The highest BCUT2D eigenvalue weighted by Crippen LogP contribution is 2.39. The number of rotatable bonds is 3. The van der Waals surface area contributed by atoms with Crippen LogP contribution in [0.4, 0.5) is 0 Å². The largest absolute Gasteiger partial charge is 0.330 e. The molecule has 2 heterocycles. The number of aromatic nitrogens is 3. The minimum atomic E-state index is 0.649. The highest BCUT2D eigenvalue weighted by Gasteiger charge is 2.29. The number of nitrogens with zero attached hydrogens (tertiary/aromatic N) is 3. The summed E-state index contributed by atoms with van der Waals surface area (Å²) >= 11 is 1.65. The van der Waals surface area contributed by atoms with Crippen molar-refractivity contribution in [2.45, 2.75) is 25.2 Å². The van der Waals surface area contributed by atoms with Crippen molar-refractivity contribution in [3.8, 4) is 0 Å². The predicted molar refractivity (Wildman–Crippen MR) is 55.6 cm³/mol. The van der Waals surface area contributed by atoms with Gasteiger partial charge in [-0.05, 0) is 19.4 Å². The van der Waals surface area contributed by atoms with Crippen LogP contribution in [-0.2, 0) is 6.42 Å². The molecule has 2 aromatic rings. The van der Waals surface area contributed by atoms with E-state index in [1.807, 2.05) is 0 Å². The Labute approximate surface area is 85.8 Å². The van der Waals surface area contributed by atoms with Crippen LogP contribution in [0.25, 0.3) is 4.96 Å². The molecule has 3 rings (SSSR count). The van der Waals surface area contributed by atoms with Crippen LogP contribution < -0.4 is 5.73 Å². The molecular weight excluding hydrogens is 196 g/mol. The summed E-state index contributed by atoms with van der Waals surface area (Å²) in [7, 11) is 0. The lowest BCUT2D eigenvalue weighted by Crippen LogP contribution is -2.06. The van der Waals surface area contributed by atoms with Gasteiger partial charge in [-0.25, -0.2) is 0 Å². The number of hydrogen-bond acceptors (Lipinski definition) is 4. The fraction of sp³-hybridized carbons (Fsp3) is 0.556. The molecule has 1 saturated carbocycles. The maximum Gasteiger partial charge on any atom is 0.216 e. The van der Waals surface area contributed by atoms with Gasteiger partial charge in [-0.3, -0.25) is 4.40 Å². The molecule has 1 fully saturated rings. The Balaban J connectivity index is 2.14. The summed E-state index contributed by atoms with van der Waals surface area (Å²) in [6, 6.07) is 0. The first-order chi connectivity index (χ1) is 6.90. The van der Waals surface area contributed by atoms with Crippen molar-refractivity contribution in [2.75, 3.05) is 6.54 Å². The molecule has 0 amide bonds. The molecule has 0 radical (unpaired) electrons. The molecule has 0 bridgehead atoms. The lowest BCUT2D eigenvalue weighted by Gasteiger charge is -1.98. The van der Waals surface area contributed by atoms with E-state index in [0.717, 1.165) is 17.2 Å². The first-order valence-electron chi connectivity index (χ1n) is 4.91. The molecule has 5 heteroatoms. The number of thiazole rings is 1. The van der Waals surface area contributed by atoms with Gasteiger partial charge >= 0.3 is 0 Å². The van der Waals surface area contributed by atoms with Crippen LogP contribution in [-0.4, -0.2) is 21.1 Å². The Morgan fingerprint density at radius 2 is 2.36 bits per heavy atom. The van der Waals surface area contributed by atoms with Gasteiger partial charge in [0.1, 0.15) is 5.82 Å². The van der Waals surface area contributed by atoms with Crippen molar-refractivity contribution in [3.63, 3.8) is 0 Å². The van der Waals surface area contributed by atoms with Crippen molar-refractivity contribution in [2.24, 2.45) is 5.73 Å². The Morgan fingerprint density at radius 3 is 3.07 bits per heavy atom. The maximum absolute atomic E-state index is 5.57. The zero-order valence-corrected chi connectivity index (χ0v) is 8.63. The fourth-order valence-corrected chi connectivity index (χ4v) is 2.59. The number of hydrogen-bond donors (Lipinski definition) is 1. The standard InChI is InChI=1S/C9H12N4S/c10-4-3-7-5-14-9-12-11-8(13(7)9)6-1-2-6/h5-6H,1-4,10H2. The van der Waals surface area contributed by atoms with Gasteiger partial charge < -0.3 is 5.73 Å². The molecule has 0 saturated heterocycles. The molecule has 1 aliphatic carbocycles. The van der Waals surface area contributed by atoms with Crippen molar-refractivity contribution in [1.29, 1.82) is 0 Å². The Morgan fingerprint density at radius 1 is 1.50 bits per heavy atom. The van der Waals surface area contributed by atoms with Crippen LogP contribution >= 0.6 is 11.3 Å². The van der Waals surface area contributed by atoms with Gasteiger partial charge in [0.2, 0.25) is 4.96 Å². The van der Waals surface area contributed by atoms with Gasteiger partial charge in [-0.1, -0.05) is 0 Å². The van der Waals surface area contributed by atoms with E-state index in [1.54, 1.807) is 11.3 Å². The third kappa shape index (κ3) is 1.16. The average molecular weight is 208 g/mol. The molecule has 1 aliphatic rings. The third-order valence-corrected chi connectivity index (χ3v) is 3.45. The van der Waals surface area contributed by atoms with Crippen LogP contribution in [0.5, 0.6) is 0 Å².